The van der Waals surface area contributed by atoms with E-state index in [1.807, 2.05) is 6.07 Å². The van der Waals surface area contributed by atoms with Gasteiger partial charge in [-0.25, -0.2) is 13.4 Å². The van der Waals surface area contributed by atoms with Crippen molar-refractivity contribution < 1.29 is 8.42 Å². The van der Waals surface area contributed by atoms with Crippen LogP contribution in [0.1, 0.15) is 5.82 Å². The zero-order valence-corrected chi connectivity index (χ0v) is 16.9. The molecule has 0 aliphatic heterocycles. The standard InChI is InChI=1S/C21H16ClN3O3S/c1-14-23-19-8-4-2-6-17(19)21(26)25(14)16-12-10-15(11-13-16)24-29(27,28)20-9-5-3-7-18(20)22/h2-13,24H,1H3. The van der Waals surface area contributed by atoms with Gasteiger partial charge in [-0.15, -0.1) is 0 Å². The highest BCUT2D eigenvalue weighted by atomic mass is 35.5. The van der Waals surface area contributed by atoms with Crippen molar-refractivity contribution in [2.45, 2.75) is 11.8 Å². The van der Waals surface area contributed by atoms with E-state index in [0.29, 0.717) is 28.1 Å². The van der Waals surface area contributed by atoms with Crippen molar-refractivity contribution in [2.75, 3.05) is 4.72 Å². The molecule has 146 valence electrons. The van der Waals surface area contributed by atoms with Gasteiger partial charge in [0.2, 0.25) is 0 Å². The normalized spacial score (nSPS) is 11.5. The molecule has 0 saturated heterocycles. The number of aromatic nitrogens is 2. The number of anilines is 1. The van der Waals surface area contributed by atoms with Crippen molar-refractivity contribution in [3.63, 3.8) is 0 Å². The molecular weight excluding hydrogens is 410 g/mol. The van der Waals surface area contributed by atoms with E-state index in [9.17, 15) is 13.2 Å². The van der Waals surface area contributed by atoms with Crippen molar-refractivity contribution in [3.8, 4) is 5.69 Å². The highest BCUT2D eigenvalue weighted by Crippen LogP contribution is 2.24. The summed E-state index contributed by atoms with van der Waals surface area (Å²) >= 11 is 6.00. The highest BCUT2D eigenvalue weighted by molar-refractivity contribution is 7.92. The Morgan fingerprint density at radius 2 is 1.59 bits per heavy atom. The smallest absolute Gasteiger partial charge is 0.265 e. The number of rotatable bonds is 4. The molecule has 29 heavy (non-hydrogen) atoms. The predicted octanol–water partition coefficient (Wildman–Crippen LogP) is 4.15. The molecule has 0 aliphatic rings. The van der Waals surface area contributed by atoms with E-state index in [4.69, 9.17) is 11.6 Å². The largest absolute Gasteiger partial charge is 0.280 e. The number of sulfonamides is 1. The number of nitrogens with zero attached hydrogens (tertiary/aromatic N) is 2. The maximum Gasteiger partial charge on any atom is 0.265 e. The number of fused-ring (bicyclic) bond motifs is 1. The molecule has 0 aliphatic carbocycles. The Kier molecular flexibility index (Phi) is 4.86. The lowest BCUT2D eigenvalue weighted by molar-refractivity contribution is 0.601. The monoisotopic (exact) mass is 425 g/mol. The summed E-state index contributed by atoms with van der Waals surface area (Å²) in [6.07, 6.45) is 0. The van der Waals surface area contributed by atoms with Crippen LogP contribution in [0.3, 0.4) is 0 Å². The molecule has 4 aromatic rings. The summed E-state index contributed by atoms with van der Waals surface area (Å²) in [6, 6.07) is 19.9. The maximum absolute atomic E-state index is 12.9. The number of aryl methyl sites for hydroxylation is 1. The van der Waals surface area contributed by atoms with Gasteiger partial charge in [-0.1, -0.05) is 35.9 Å². The lowest BCUT2D eigenvalue weighted by Gasteiger charge is -2.13. The number of nitrogens with one attached hydrogen (secondary N) is 1. The Morgan fingerprint density at radius 3 is 2.31 bits per heavy atom. The van der Waals surface area contributed by atoms with E-state index in [-0.39, 0.29) is 15.5 Å². The van der Waals surface area contributed by atoms with E-state index in [2.05, 4.69) is 9.71 Å². The molecule has 0 fully saturated rings. The molecule has 1 aromatic heterocycles. The van der Waals surface area contributed by atoms with Gasteiger partial charge in [0.05, 0.1) is 21.6 Å². The summed E-state index contributed by atoms with van der Waals surface area (Å²) in [6.45, 7) is 1.75. The third-order valence-corrected chi connectivity index (χ3v) is 6.33. The summed E-state index contributed by atoms with van der Waals surface area (Å²) in [5.41, 5.74) is 1.40. The Hall–Kier alpha value is -3.16. The second-order valence-corrected chi connectivity index (χ2v) is 8.46. The first kappa shape index (κ1) is 19.2. The van der Waals surface area contributed by atoms with Gasteiger partial charge in [0.15, 0.2) is 0 Å². The lowest BCUT2D eigenvalue weighted by Crippen LogP contribution is -2.22. The zero-order valence-electron chi connectivity index (χ0n) is 15.3. The van der Waals surface area contributed by atoms with Gasteiger partial charge in [0, 0.05) is 5.69 Å². The zero-order chi connectivity index (χ0) is 20.6. The van der Waals surface area contributed by atoms with Gasteiger partial charge in [-0.3, -0.25) is 14.1 Å². The first-order chi connectivity index (χ1) is 13.9. The van der Waals surface area contributed by atoms with Crippen LogP contribution in [0.4, 0.5) is 5.69 Å². The molecule has 0 unspecified atom stereocenters. The van der Waals surface area contributed by atoms with Crippen molar-refractivity contribution in [2.24, 2.45) is 0 Å². The number of halogens is 1. The van der Waals surface area contributed by atoms with Crippen molar-refractivity contribution in [1.82, 2.24) is 9.55 Å². The molecule has 3 aromatic carbocycles. The van der Waals surface area contributed by atoms with E-state index in [1.165, 1.54) is 16.7 Å². The molecule has 0 atom stereocenters. The van der Waals surface area contributed by atoms with Gasteiger partial charge in [0.25, 0.3) is 15.6 Å². The number of hydrogen-bond acceptors (Lipinski definition) is 4. The van der Waals surface area contributed by atoms with E-state index in [0.717, 1.165) is 0 Å². The molecule has 1 heterocycles. The molecule has 0 spiro atoms. The first-order valence-corrected chi connectivity index (χ1v) is 10.6. The van der Waals surface area contributed by atoms with Crippen LogP contribution in [0.15, 0.2) is 82.5 Å². The minimum atomic E-state index is -3.83. The van der Waals surface area contributed by atoms with Crippen molar-refractivity contribution >= 4 is 38.2 Å². The fraction of sp³-hybridized carbons (Fsp3) is 0.0476. The molecule has 1 N–H and O–H groups in total. The average Bonchev–Trinajstić information content (AvgIpc) is 2.69. The van der Waals surface area contributed by atoms with Crippen LogP contribution in [0, 0.1) is 6.92 Å². The molecule has 4 rings (SSSR count). The van der Waals surface area contributed by atoms with Crippen molar-refractivity contribution in [3.05, 3.63) is 94.0 Å². The van der Waals surface area contributed by atoms with Gasteiger partial charge < -0.3 is 0 Å². The molecule has 6 nitrogen and oxygen atoms in total. The number of hydrogen-bond donors (Lipinski definition) is 1. The number of para-hydroxylation sites is 1. The van der Waals surface area contributed by atoms with Crippen LogP contribution in [-0.4, -0.2) is 18.0 Å². The molecule has 0 bridgehead atoms. The van der Waals surface area contributed by atoms with E-state index < -0.39 is 10.0 Å². The maximum atomic E-state index is 12.9. The fourth-order valence-electron chi connectivity index (χ4n) is 3.10. The second-order valence-electron chi connectivity index (χ2n) is 6.40. The minimum absolute atomic E-state index is 0.00321. The van der Waals surface area contributed by atoms with Gasteiger partial charge >= 0.3 is 0 Å². The summed E-state index contributed by atoms with van der Waals surface area (Å²) in [4.78, 5) is 17.4. The van der Waals surface area contributed by atoms with Crippen LogP contribution in [-0.2, 0) is 10.0 Å². The fourth-order valence-corrected chi connectivity index (χ4v) is 4.68. The Bertz CT molecular complexity index is 1380. The molecule has 0 saturated carbocycles. The third kappa shape index (κ3) is 3.62. The summed E-state index contributed by atoms with van der Waals surface area (Å²) in [7, 11) is -3.83. The quantitative estimate of drug-likeness (QED) is 0.532. The van der Waals surface area contributed by atoms with Crippen LogP contribution in [0.5, 0.6) is 0 Å². The van der Waals surface area contributed by atoms with E-state index in [1.54, 1.807) is 61.5 Å². The summed E-state index contributed by atoms with van der Waals surface area (Å²) < 4.78 is 29.1. The number of benzene rings is 3. The summed E-state index contributed by atoms with van der Waals surface area (Å²) in [5.74, 6) is 0.540. The Morgan fingerprint density at radius 1 is 0.931 bits per heavy atom. The van der Waals surface area contributed by atoms with Crippen molar-refractivity contribution in [1.29, 1.82) is 0 Å². The van der Waals surface area contributed by atoms with Gasteiger partial charge in [0.1, 0.15) is 10.7 Å². The molecular formula is C21H16ClN3O3S. The van der Waals surface area contributed by atoms with Crippen LogP contribution in [0.2, 0.25) is 5.02 Å². The van der Waals surface area contributed by atoms with Gasteiger partial charge in [-0.05, 0) is 55.5 Å². The van der Waals surface area contributed by atoms with E-state index >= 15 is 0 Å². The highest BCUT2D eigenvalue weighted by Gasteiger charge is 2.17. The predicted molar refractivity (Wildman–Crippen MR) is 114 cm³/mol. The molecule has 0 radical (unpaired) electrons. The van der Waals surface area contributed by atoms with Crippen LogP contribution >= 0.6 is 11.6 Å². The van der Waals surface area contributed by atoms with Crippen LogP contribution in [0.25, 0.3) is 16.6 Å². The Labute approximate surface area is 172 Å². The second kappa shape index (κ2) is 7.35. The summed E-state index contributed by atoms with van der Waals surface area (Å²) in [5, 5.41) is 0.655. The van der Waals surface area contributed by atoms with Gasteiger partial charge in [-0.2, -0.15) is 0 Å². The minimum Gasteiger partial charge on any atom is -0.280 e. The average molecular weight is 426 g/mol. The SMILES string of the molecule is Cc1nc2ccccc2c(=O)n1-c1ccc(NS(=O)(=O)c2ccccc2Cl)cc1. The van der Waals surface area contributed by atoms with Crippen LogP contribution < -0.4 is 10.3 Å². The topological polar surface area (TPSA) is 81.1 Å². The molecule has 8 heteroatoms. The lowest BCUT2D eigenvalue weighted by atomic mass is 10.2. The molecule has 0 amide bonds. The Balaban J connectivity index is 1.70. The first-order valence-electron chi connectivity index (χ1n) is 8.73. The third-order valence-electron chi connectivity index (χ3n) is 4.45.